The summed E-state index contributed by atoms with van der Waals surface area (Å²) in [5, 5.41) is 9.69. The molecule has 0 aliphatic carbocycles. The predicted octanol–water partition coefficient (Wildman–Crippen LogP) is 18.3. The van der Waals surface area contributed by atoms with Crippen LogP contribution in [0.4, 0.5) is 0 Å². The predicted molar refractivity (Wildman–Crippen MR) is 318 cm³/mol. The van der Waals surface area contributed by atoms with Gasteiger partial charge in [-0.2, -0.15) is 0 Å². The zero-order chi connectivity index (χ0) is 54.8. The van der Waals surface area contributed by atoms with E-state index in [0.29, 0.717) is 17.4 Å². The third-order valence-electron chi connectivity index (χ3n) is 13.1. The van der Waals surface area contributed by atoms with Gasteiger partial charge in [0.25, 0.3) is 6.29 Å². The number of ether oxygens (including phenoxy) is 4. The molecular weight excluding hydrogens is 935 g/mol. The Balaban J connectivity index is 4.04. The highest BCUT2D eigenvalue weighted by molar-refractivity contribution is 5.71. The summed E-state index contributed by atoms with van der Waals surface area (Å²) in [4.78, 5) is 37.4. The number of esters is 2. The molecule has 2 unspecified atom stereocenters. The lowest BCUT2D eigenvalue weighted by Gasteiger charge is -2.25. The summed E-state index contributed by atoms with van der Waals surface area (Å²) in [6.07, 6.45) is 72.6. The number of likely N-dealkylation sites (N-methyl/N-ethyl adjacent to an activating group) is 1. The maximum absolute atomic E-state index is 12.9. The molecule has 9 heteroatoms. The molecule has 0 spiro atoms. The van der Waals surface area contributed by atoms with E-state index in [-0.39, 0.29) is 32.2 Å². The summed E-state index contributed by atoms with van der Waals surface area (Å²) in [6, 6.07) is 0. The zero-order valence-corrected chi connectivity index (χ0v) is 49.2. The fraction of sp³-hybridized carbons (Fsp3) is 0.742. The number of unbranched alkanes of at least 4 members (excludes halogenated alkanes) is 27. The van der Waals surface area contributed by atoms with Gasteiger partial charge in [-0.15, -0.1) is 0 Å². The Morgan fingerprint density at radius 3 is 1.15 bits per heavy atom. The molecule has 2 atom stereocenters. The molecule has 0 amide bonds. The van der Waals surface area contributed by atoms with Gasteiger partial charge in [-0.05, 0) is 89.9 Å². The maximum atomic E-state index is 12.9. The van der Waals surface area contributed by atoms with Crippen LogP contribution in [0.25, 0.3) is 0 Å². The smallest absolute Gasteiger partial charge is 0.361 e. The third kappa shape index (κ3) is 58.0. The van der Waals surface area contributed by atoms with E-state index in [9.17, 15) is 19.5 Å². The van der Waals surface area contributed by atoms with Crippen LogP contribution >= 0.6 is 0 Å². The summed E-state index contributed by atoms with van der Waals surface area (Å²) in [5.74, 6) is -2.01. The van der Waals surface area contributed by atoms with Crippen LogP contribution in [0.15, 0.2) is 85.1 Å². The molecule has 0 saturated carbocycles. The molecule has 0 saturated heterocycles. The van der Waals surface area contributed by atoms with E-state index in [2.05, 4.69) is 98.9 Å². The van der Waals surface area contributed by atoms with Crippen molar-refractivity contribution in [2.45, 2.75) is 270 Å². The van der Waals surface area contributed by atoms with Gasteiger partial charge in [0, 0.05) is 12.8 Å². The molecule has 0 aromatic carbocycles. The quantitative estimate of drug-likeness (QED) is 0.0211. The molecule has 0 aliphatic rings. The van der Waals surface area contributed by atoms with Crippen molar-refractivity contribution >= 4 is 17.9 Å². The highest BCUT2D eigenvalue weighted by atomic mass is 16.7. The van der Waals surface area contributed by atoms with Crippen molar-refractivity contribution in [3.63, 3.8) is 0 Å². The van der Waals surface area contributed by atoms with Crippen molar-refractivity contribution in [1.82, 2.24) is 0 Å². The number of hydrogen-bond donors (Lipinski definition) is 1. The number of rotatable bonds is 56. The van der Waals surface area contributed by atoms with Crippen LogP contribution in [-0.4, -0.2) is 87.4 Å². The Morgan fingerprint density at radius 1 is 0.413 bits per heavy atom. The molecule has 0 rings (SSSR count). The molecule has 75 heavy (non-hydrogen) atoms. The molecule has 0 aromatic heterocycles. The minimum absolute atomic E-state index is 0.185. The van der Waals surface area contributed by atoms with Crippen molar-refractivity contribution in [2.75, 3.05) is 47.5 Å². The molecule has 0 bridgehead atoms. The fourth-order valence-electron chi connectivity index (χ4n) is 8.42. The van der Waals surface area contributed by atoms with Crippen molar-refractivity contribution in [3.8, 4) is 0 Å². The van der Waals surface area contributed by atoms with Crippen molar-refractivity contribution in [3.05, 3.63) is 85.1 Å². The van der Waals surface area contributed by atoms with Crippen molar-refractivity contribution in [2.24, 2.45) is 0 Å². The number of quaternary nitrogens is 1. The van der Waals surface area contributed by atoms with Gasteiger partial charge in [0.05, 0.1) is 34.4 Å². The second kappa shape index (κ2) is 56.7. The summed E-state index contributed by atoms with van der Waals surface area (Å²) >= 11 is 0. The average molecular weight is 1050 g/mol. The number of hydrogen-bond acceptors (Lipinski definition) is 7. The van der Waals surface area contributed by atoms with Crippen LogP contribution in [0.3, 0.4) is 0 Å². The Hall–Kier alpha value is -3.53. The number of aliphatic carboxylic acids is 1. The van der Waals surface area contributed by atoms with Gasteiger partial charge in [0.1, 0.15) is 13.2 Å². The van der Waals surface area contributed by atoms with E-state index in [1.807, 2.05) is 21.1 Å². The molecule has 0 aliphatic heterocycles. The molecule has 0 aromatic rings. The number of nitrogens with zero attached hydrogens (tertiary/aromatic N) is 1. The molecule has 0 fully saturated rings. The summed E-state index contributed by atoms with van der Waals surface area (Å²) in [7, 11) is 5.97. The van der Waals surface area contributed by atoms with Gasteiger partial charge >= 0.3 is 17.9 Å². The number of carbonyl (C=O) groups is 3. The van der Waals surface area contributed by atoms with Gasteiger partial charge in [-0.3, -0.25) is 9.59 Å². The summed E-state index contributed by atoms with van der Waals surface area (Å²) < 4.78 is 22.9. The van der Waals surface area contributed by atoms with Gasteiger partial charge in [-0.1, -0.05) is 240 Å². The monoisotopic (exact) mass is 1050 g/mol. The van der Waals surface area contributed by atoms with Crippen LogP contribution in [0.2, 0.25) is 0 Å². The Morgan fingerprint density at radius 2 is 0.760 bits per heavy atom. The third-order valence-corrected chi connectivity index (χ3v) is 13.1. The van der Waals surface area contributed by atoms with Gasteiger partial charge < -0.3 is 28.5 Å². The van der Waals surface area contributed by atoms with Gasteiger partial charge in [0.15, 0.2) is 6.10 Å². The molecule has 1 N–H and O–H groups in total. The first-order chi connectivity index (χ1) is 36.6. The highest BCUT2D eigenvalue weighted by Crippen LogP contribution is 2.16. The second-order valence-electron chi connectivity index (χ2n) is 21.6. The summed E-state index contributed by atoms with van der Waals surface area (Å²) in [5.41, 5.74) is 0. The van der Waals surface area contributed by atoms with Crippen molar-refractivity contribution in [1.29, 1.82) is 0 Å². The number of carboxylic acid groups (broad SMARTS) is 1. The number of allylic oxidation sites excluding steroid dienone is 14. The lowest BCUT2D eigenvalue weighted by molar-refractivity contribution is -0.870. The fourth-order valence-corrected chi connectivity index (χ4v) is 8.42. The van der Waals surface area contributed by atoms with E-state index in [1.54, 1.807) is 0 Å². The SMILES string of the molecule is CC/C=C\C/C=C\C/C=C\C/C=C\C/C=C\C/C=C\CCCCCCCCCCCCCCCCCCCCC(=O)OC(COC(=O)CCCCCCC/C=C\CCCCCC)COC(OCC[N+](C)(C)C)C(=O)O. The molecular formula is C66H116NO8+. The van der Waals surface area contributed by atoms with Crippen LogP contribution < -0.4 is 0 Å². The number of carboxylic acids is 1. The first-order valence-electron chi connectivity index (χ1n) is 30.8. The average Bonchev–Trinajstić information content (AvgIpc) is 3.38. The van der Waals surface area contributed by atoms with Gasteiger partial charge in [-0.25, -0.2) is 4.79 Å². The second-order valence-corrected chi connectivity index (χ2v) is 21.6. The van der Waals surface area contributed by atoms with Crippen LogP contribution in [0.1, 0.15) is 258 Å². The molecule has 0 heterocycles. The van der Waals surface area contributed by atoms with Crippen LogP contribution in [0, 0.1) is 0 Å². The van der Waals surface area contributed by atoms with Crippen LogP contribution in [0.5, 0.6) is 0 Å². The van der Waals surface area contributed by atoms with Crippen molar-refractivity contribution < 1.29 is 42.9 Å². The molecule has 432 valence electrons. The minimum atomic E-state index is -1.51. The molecule has 9 nitrogen and oxygen atoms in total. The Bertz CT molecular complexity index is 1500. The van der Waals surface area contributed by atoms with E-state index < -0.39 is 24.3 Å². The minimum Gasteiger partial charge on any atom is -0.477 e. The largest absolute Gasteiger partial charge is 0.477 e. The van der Waals surface area contributed by atoms with Gasteiger partial charge in [0.2, 0.25) is 0 Å². The van der Waals surface area contributed by atoms with E-state index in [4.69, 9.17) is 18.9 Å². The topological polar surface area (TPSA) is 108 Å². The first kappa shape index (κ1) is 71.5. The zero-order valence-electron chi connectivity index (χ0n) is 49.2. The maximum Gasteiger partial charge on any atom is 0.361 e. The van der Waals surface area contributed by atoms with Crippen LogP contribution in [-0.2, 0) is 33.3 Å². The highest BCUT2D eigenvalue weighted by Gasteiger charge is 2.25. The normalized spacial score (nSPS) is 13.3. The van der Waals surface area contributed by atoms with E-state index in [1.165, 1.54) is 135 Å². The lowest BCUT2D eigenvalue weighted by Crippen LogP contribution is -2.40. The Labute approximate surface area is 461 Å². The van der Waals surface area contributed by atoms with E-state index in [0.717, 1.165) is 96.3 Å². The molecule has 0 radical (unpaired) electrons. The first-order valence-corrected chi connectivity index (χ1v) is 30.8. The van der Waals surface area contributed by atoms with E-state index >= 15 is 0 Å². The Kier molecular flexibility index (Phi) is 54.0. The lowest BCUT2D eigenvalue weighted by atomic mass is 10.0. The number of carbonyl (C=O) groups excluding carboxylic acids is 2. The standard InChI is InChI=1S/C66H115NO8/c1-6-8-10-12-14-16-18-20-21-22-23-24-25-26-27-28-29-30-31-32-33-34-35-36-37-38-39-40-41-42-43-45-47-49-51-53-55-57-64(69)75-62(61-74-66(65(70)71)72-59-58-67(3,4)5)60-73-63(68)56-54-52-50-48-46-44-19-17-15-13-11-9-7-2/h8,10,14,16-17,19-21,23-24,26-27,29-30,62,66H,6-7,9,11-13,15,18,22,25,28,31-61H2,1-5H3/p+1/b10-8-,16-14-,19-17-,21-20-,24-23-,27-26-,30-29-. The summed E-state index contributed by atoms with van der Waals surface area (Å²) in [6.45, 7) is 4.75.